The summed E-state index contributed by atoms with van der Waals surface area (Å²) in [4.78, 5) is 10.9. The summed E-state index contributed by atoms with van der Waals surface area (Å²) in [5.74, 6) is 2.94. The van der Waals surface area contributed by atoms with E-state index >= 15 is 0 Å². The summed E-state index contributed by atoms with van der Waals surface area (Å²) in [7, 11) is 0. The molecule has 1 aromatic heterocycles. The number of anilines is 3. The fourth-order valence-electron chi connectivity index (χ4n) is 2.42. The lowest BCUT2D eigenvalue weighted by molar-refractivity contribution is 0.482. The fraction of sp³-hybridized carbons (Fsp3) is 0.692. The molecule has 1 aliphatic heterocycles. The first kappa shape index (κ1) is 12.5. The molecule has 0 amide bonds. The molecular formula is C13H22N6. The van der Waals surface area contributed by atoms with Gasteiger partial charge in [0, 0.05) is 38.3 Å². The van der Waals surface area contributed by atoms with Gasteiger partial charge in [-0.05, 0) is 25.7 Å². The van der Waals surface area contributed by atoms with Crippen LogP contribution < -0.4 is 21.3 Å². The van der Waals surface area contributed by atoms with Crippen molar-refractivity contribution in [2.75, 3.05) is 42.1 Å². The number of nitrogen functional groups attached to an aromatic ring is 1. The van der Waals surface area contributed by atoms with E-state index in [1.807, 2.05) is 6.07 Å². The van der Waals surface area contributed by atoms with Gasteiger partial charge in [-0.1, -0.05) is 0 Å². The van der Waals surface area contributed by atoms with Crippen molar-refractivity contribution >= 4 is 17.6 Å². The Morgan fingerprint density at radius 1 is 1.47 bits per heavy atom. The van der Waals surface area contributed by atoms with Crippen LogP contribution in [0, 0.1) is 5.92 Å². The Balaban J connectivity index is 1.72. The van der Waals surface area contributed by atoms with Gasteiger partial charge in [0.05, 0.1) is 0 Å². The fourth-order valence-corrected chi connectivity index (χ4v) is 2.42. The summed E-state index contributed by atoms with van der Waals surface area (Å²) in [6.07, 6.45) is 2.66. The van der Waals surface area contributed by atoms with Crippen LogP contribution in [-0.4, -0.2) is 42.2 Å². The van der Waals surface area contributed by atoms with Crippen molar-refractivity contribution in [3.63, 3.8) is 0 Å². The summed E-state index contributed by atoms with van der Waals surface area (Å²) < 4.78 is 0. The Morgan fingerprint density at radius 2 is 2.32 bits per heavy atom. The molecule has 19 heavy (non-hydrogen) atoms. The third kappa shape index (κ3) is 3.26. The van der Waals surface area contributed by atoms with Gasteiger partial charge in [0.2, 0.25) is 5.95 Å². The second-order valence-electron chi connectivity index (χ2n) is 5.60. The van der Waals surface area contributed by atoms with Crippen LogP contribution in [0.3, 0.4) is 0 Å². The van der Waals surface area contributed by atoms with Gasteiger partial charge in [-0.2, -0.15) is 9.97 Å². The molecule has 2 heterocycles. The summed E-state index contributed by atoms with van der Waals surface area (Å²) in [5, 5.41) is 6.79. The number of rotatable bonds is 4. The van der Waals surface area contributed by atoms with Crippen molar-refractivity contribution in [2.45, 2.75) is 25.8 Å². The molecule has 3 rings (SSSR count). The third-order valence-corrected chi connectivity index (χ3v) is 3.69. The average Bonchev–Trinajstić information content (AvgIpc) is 3.20. The number of nitrogens with two attached hydrogens (primary N) is 1. The standard InChI is InChI=1S/C13H22N6/c1-9-8-19(5-4-15-9)12-6-11(17-13(14)18-12)16-7-10-2-3-10/h6,9-10,15H,2-5,7-8H2,1H3,(H3,14,16,17,18)/t9-/m1/s1. The van der Waals surface area contributed by atoms with Crippen LogP contribution in [-0.2, 0) is 0 Å². The number of hydrogen-bond acceptors (Lipinski definition) is 6. The van der Waals surface area contributed by atoms with E-state index in [1.54, 1.807) is 0 Å². The van der Waals surface area contributed by atoms with Crippen LogP contribution in [0.15, 0.2) is 6.07 Å². The highest BCUT2D eigenvalue weighted by Crippen LogP contribution is 2.29. The smallest absolute Gasteiger partial charge is 0.223 e. The van der Waals surface area contributed by atoms with Crippen molar-refractivity contribution in [3.8, 4) is 0 Å². The van der Waals surface area contributed by atoms with Gasteiger partial charge < -0.3 is 21.3 Å². The Kier molecular flexibility index (Phi) is 3.42. The zero-order valence-corrected chi connectivity index (χ0v) is 11.4. The maximum atomic E-state index is 5.82. The van der Waals surface area contributed by atoms with Crippen molar-refractivity contribution in [2.24, 2.45) is 5.92 Å². The molecule has 1 aromatic rings. The van der Waals surface area contributed by atoms with Gasteiger partial charge in [-0.15, -0.1) is 0 Å². The Hall–Kier alpha value is -1.56. The normalized spacial score (nSPS) is 23.4. The van der Waals surface area contributed by atoms with Gasteiger partial charge >= 0.3 is 0 Å². The number of nitrogens with zero attached hydrogens (tertiary/aromatic N) is 3. The molecule has 0 bridgehead atoms. The van der Waals surface area contributed by atoms with Gasteiger partial charge in [0.25, 0.3) is 0 Å². The molecule has 2 fully saturated rings. The van der Waals surface area contributed by atoms with E-state index in [4.69, 9.17) is 5.73 Å². The first-order valence-electron chi connectivity index (χ1n) is 7.07. The van der Waals surface area contributed by atoms with Gasteiger partial charge in [0.15, 0.2) is 0 Å². The van der Waals surface area contributed by atoms with Crippen LogP contribution in [0.1, 0.15) is 19.8 Å². The minimum Gasteiger partial charge on any atom is -0.370 e. The lowest BCUT2D eigenvalue weighted by Crippen LogP contribution is -2.49. The zero-order chi connectivity index (χ0) is 13.2. The molecule has 1 atom stereocenters. The van der Waals surface area contributed by atoms with Crippen LogP contribution in [0.25, 0.3) is 0 Å². The van der Waals surface area contributed by atoms with Crippen molar-refractivity contribution in [3.05, 3.63) is 6.07 Å². The summed E-state index contributed by atoms with van der Waals surface area (Å²) >= 11 is 0. The summed E-state index contributed by atoms with van der Waals surface area (Å²) in [6.45, 7) is 6.08. The largest absolute Gasteiger partial charge is 0.370 e. The first-order chi connectivity index (χ1) is 9.20. The third-order valence-electron chi connectivity index (χ3n) is 3.69. The number of hydrogen-bond donors (Lipinski definition) is 3. The monoisotopic (exact) mass is 262 g/mol. The van der Waals surface area contributed by atoms with E-state index < -0.39 is 0 Å². The van der Waals surface area contributed by atoms with E-state index in [1.165, 1.54) is 12.8 Å². The predicted molar refractivity (Wildman–Crippen MR) is 77.3 cm³/mol. The molecule has 4 N–H and O–H groups in total. The minimum atomic E-state index is 0.349. The highest BCUT2D eigenvalue weighted by molar-refractivity contribution is 5.53. The van der Waals surface area contributed by atoms with E-state index in [0.717, 1.165) is 43.7 Å². The molecule has 0 spiro atoms. The molecule has 0 aromatic carbocycles. The highest BCUT2D eigenvalue weighted by Gasteiger charge is 2.22. The molecule has 2 aliphatic rings. The van der Waals surface area contributed by atoms with Crippen LogP contribution >= 0.6 is 0 Å². The lowest BCUT2D eigenvalue weighted by Gasteiger charge is -2.32. The van der Waals surface area contributed by atoms with Crippen LogP contribution in [0.5, 0.6) is 0 Å². The first-order valence-corrected chi connectivity index (χ1v) is 7.07. The van der Waals surface area contributed by atoms with Crippen LogP contribution in [0.4, 0.5) is 17.6 Å². The molecule has 0 unspecified atom stereocenters. The molecule has 6 nitrogen and oxygen atoms in total. The number of nitrogens with one attached hydrogen (secondary N) is 2. The van der Waals surface area contributed by atoms with E-state index in [9.17, 15) is 0 Å². The zero-order valence-electron chi connectivity index (χ0n) is 11.4. The number of piperazine rings is 1. The van der Waals surface area contributed by atoms with Gasteiger partial charge in [-0.3, -0.25) is 0 Å². The lowest BCUT2D eigenvalue weighted by atomic mass is 10.2. The Labute approximate surface area is 113 Å². The minimum absolute atomic E-state index is 0.349. The Bertz CT molecular complexity index is 445. The molecular weight excluding hydrogens is 240 g/mol. The van der Waals surface area contributed by atoms with E-state index in [0.29, 0.717) is 12.0 Å². The predicted octanol–water partition coefficient (Wildman–Crippen LogP) is 0.679. The molecule has 1 saturated carbocycles. The summed E-state index contributed by atoms with van der Waals surface area (Å²) in [6, 6.07) is 2.49. The van der Waals surface area contributed by atoms with Crippen molar-refractivity contribution in [1.29, 1.82) is 0 Å². The molecule has 1 saturated heterocycles. The molecule has 0 radical (unpaired) electrons. The second-order valence-corrected chi connectivity index (χ2v) is 5.60. The quantitative estimate of drug-likeness (QED) is 0.740. The van der Waals surface area contributed by atoms with E-state index in [2.05, 4.69) is 32.4 Å². The topological polar surface area (TPSA) is 79.1 Å². The van der Waals surface area contributed by atoms with Crippen LogP contribution in [0.2, 0.25) is 0 Å². The van der Waals surface area contributed by atoms with Gasteiger partial charge in [-0.25, -0.2) is 0 Å². The maximum absolute atomic E-state index is 5.82. The molecule has 1 aliphatic carbocycles. The average molecular weight is 262 g/mol. The van der Waals surface area contributed by atoms with E-state index in [-0.39, 0.29) is 0 Å². The summed E-state index contributed by atoms with van der Waals surface area (Å²) in [5.41, 5.74) is 5.82. The van der Waals surface area contributed by atoms with Crippen molar-refractivity contribution < 1.29 is 0 Å². The second kappa shape index (κ2) is 5.21. The SMILES string of the molecule is C[C@@H]1CN(c2cc(NCC3CC3)nc(N)n2)CCN1. The highest BCUT2D eigenvalue weighted by atomic mass is 15.3. The molecule has 6 heteroatoms. The van der Waals surface area contributed by atoms with Crippen molar-refractivity contribution in [1.82, 2.24) is 15.3 Å². The molecule has 104 valence electrons. The maximum Gasteiger partial charge on any atom is 0.223 e. The number of aromatic nitrogens is 2. The Morgan fingerprint density at radius 3 is 3.05 bits per heavy atom. The van der Waals surface area contributed by atoms with Gasteiger partial charge in [0.1, 0.15) is 11.6 Å².